The standard InChI is InChI=1S/C18H28N2O/c1-14(2)9-15-3-5-16(6-4-15)11-20-12-17(19)10-18(20)7-8-21-13-18/h3-6,14,17H,7-13,19H2,1-2H3. The van der Waals surface area contributed by atoms with Crippen molar-refractivity contribution in [3.05, 3.63) is 35.4 Å². The maximum atomic E-state index is 6.22. The molecular formula is C18H28N2O. The zero-order valence-corrected chi connectivity index (χ0v) is 13.3. The highest BCUT2D eigenvalue weighted by Crippen LogP contribution is 2.37. The van der Waals surface area contributed by atoms with Gasteiger partial charge >= 0.3 is 0 Å². The Hall–Kier alpha value is -0.900. The molecule has 0 aromatic heterocycles. The molecule has 116 valence electrons. The van der Waals surface area contributed by atoms with Crippen LogP contribution in [0.1, 0.15) is 37.8 Å². The largest absolute Gasteiger partial charge is 0.379 e. The molecule has 3 nitrogen and oxygen atoms in total. The van der Waals surface area contributed by atoms with Crippen LogP contribution in [0.5, 0.6) is 0 Å². The first-order valence-corrected chi connectivity index (χ1v) is 8.24. The summed E-state index contributed by atoms with van der Waals surface area (Å²) in [4.78, 5) is 2.56. The molecular weight excluding hydrogens is 260 g/mol. The van der Waals surface area contributed by atoms with E-state index in [-0.39, 0.29) is 5.54 Å². The van der Waals surface area contributed by atoms with Gasteiger partial charge in [0.25, 0.3) is 0 Å². The zero-order chi connectivity index (χ0) is 14.9. The molecule has 21 heavy (non-hydrogen) atoms. The third-order valence-corrected chi connectivity index (χ3v) is 4.89. The lowest BCUT2D eigenvalue weighted by atomic mass is 9.93. The Morgan fingerprint density at radius 1 is 1.29 bits per heavy atom. The van der Waals surface area contributed by atoms with Crippen LogP contribution in [0.15, 0.2) is 24.3 Å². The molecule has 1 spiro atoms. The highest BCUT2D eigenvalue weighted by Gasteiger charge is 2.46. The summed E-state index contributed by atoms with van der Waals surface area (Å²) < 4.78 is 5.66. The molecule has 2 saturated heterocycles. The average Bonchev–Trinajstić information content (AvgIpc) is 3.00. The number of benzene rings is 1. The van der Waals surface area contributed by atoms with Crippen LogP contribution < -0.4 is 5.73 Å². The molecule has 0 bridgehead atoms. The number of hydrogen-bond acceptors (Lipinski definition) is 3. The first-order chi connectivity index (χ1) is 10.1. The Kier molecular flexibility index (Phi) is 4.34. The lowest BCUT2D eigenvalue weighted by Gasteiger charge is -2.33. The van der Waals surface area contributed by atoms with E-state index < -0.39 is 0 Å². The van der Waals surface area contributed by atoms with Gasteiger partial charge in [0.1, 0.15) is 0 Å². The molecule has 3 rings (SSSR count). The van der Waals surface area contributed by atoms with Crippen LogP contribution in [0, 0.1) is 5.92 Å². The SMILES string of the molecule is CC(C)Cc1ccc(CN2CC(N)CC23CCOC3)cc1. The minimum atomic E-state index is 0.204. The quantitative estimate of drug-likeness (QED) is 0.925. The smallest absolute Gasteiger partial charge is 0.0652 e. The van der Waals surface area contributed by atoms with Crippen LogP contribution in [0.4, 0.5) is 0 Å². The number of ether oxygens (including phenoxy) is 1. The Balaban J connectivity index is 1.68. The minimum Gasteiger partial charge on any atom is -0.379 e. The van der Waals surface area contributed by atoms with Crippen molar-refractivity contribution in [3.63, 3.8) is 0 Å². The van der Waals surface area contributed by atoms with Gasteiger partial charge in [0, 0.05) is 31.3 Å². The van der Waals surface area contributed by atoms with Crippen LogP contribution in [0.2, 0.25) is 0 Å². The van der Waals surface area contributed by atoms with Gasteiger partial charge in [0.05, 0.1) is 6.61 Å². The van der Waals surface area contributed by atoms with Crippen LogP contribution in [-0.2, 0) is 17.7 Å². The van der Waals surface area contributed by atoms with Crippen LogP contribution in [0.25, 0.3) is 0 Å². The van der Waals surface area contributed by atoms with E-state index in [1.165, 1.54) is 11.1 Å². The summed E-state index contributed by atoms with van der Waals surface area (Å²) in [6, 6.07) is 9.43. The lowest BCUT2D eigenvalue weighted by molar-refractivity contribution is 0.0961. The number of rotatable bonds is 4. The van der Waals surface area contributed by atoms with Crippen LogP contribution in [0.3, 0.4) is 0 Å². The van der Waals surface area contributed by atoms with Gasteiger partial charge in [-0.1, -0.05) is 38.1 Å². The maximum Gasteiger partial charge on any atom is 0.0652 e. The Morgan fingerprint density at radius 2 is 2.00 bits per heavy atom. The topological polar surface area (TPSA) is 38.5 Å². The Bertz CT molecular complexity index is 463. The fourth-order valence-electron chi connectivity index (χ4n) is 3.87. The van der Waals surface area contributed by atoms with Crippen molar-refractivity contribution < 1.29 is 4.74 Å². The van der Waals surface area contributed by atoms with E-state index in [1.807, 2.05) is 0 Å². The van der Waals surface area contributed by atoms with Gasteiger partial charge in [-0.05, 0) is 36.3 Å². The second-order valence-corrected chi connectivity index (χ2v) is 7.29. The molecule has 0 amide bonds. The number of nitrogens with two attached hydrogens (primary N) is 1. The summed E-state index contributed by atoms with van der Waals surface area (Å²) in [5.41, 5.74) is 9.25. The third-order valence-electron chi connectivity index (χ3n) is 4.89. The maximum absolute atomic E-state index is 6.22. The van der Waals surface area contributed by atoms with Crippen molar-refractivity contribution in [2.45, 2.75) is 51.2 Å². The van der Waals surface area contributed by atoms with Crippen LogP contribution >= 0.6 is 0 Å². The summed E-state index contributed by atoms with van der Waals surface area (Å²) in [6.07, 6.45) is 3.37. The second-order valence-electron chi connectivity index (χ2n) is 7.29. The molecule has 3 heteroatoms. The molecule has 1 aromatic carbocycles. The fourth-order valence-corrected chi connectivity index (χ4v) is 3.87. The predicted molar refractivity (Wildman–Crippen MR) is 86.2 cm³/mol. The van der Waals surface area contributed by atoms with E-state index in [1.54, 1.807) is 0 Å². The molecule has 2 fully saturated rings. The lowest BCUT2D eigenvalue weighted by Crippen LogP contribution is -2.43. The van der Waals surface area contributed by atoms with Gasteiger partial charge in [0.2, 0.25) is 0 Å². The molecule has 2 heterocycles. The van der Waals surface area contributed by atoms with Crippen molar-refractivity contribution in [1.82, 2.24) is 4.90 Å². The van der Waals surface area contributed by atoms with Gasteiger partial charge in [-0.3, -0.25) is 4.90 Å². The first kappa shape index (κ1) is 15.0. The van der Waals surface area contributed by atoms with Gasteiger partial charge in [0.15, 0.2) is 0 Å². The highest BCUT2D eigenvalue weighted by atomic mass is 16.5. The fraction of sp³-hybridized carbons (Fsp3) is 0.667. The first-order valence-electron chi connectivity index (χ1n) is 8.24. The van der Waals surface area contributed by atoms with Gasteiger partial charge in [-0.15, -0.1) is 0 Å². The summed E-state index contributed by atoms with van der Waals surface area (Å²) in [7, 11) is 0. The van der Waals surface area contributed by atoms with Crippen molar-refractivity contribution in [1.29, 1.82) is 0 Å². The molecule has 2 atom stereocenters. The van der Waals surface area contributed by atoms with Crippen molar-refractivity contribution in [3.8, 4) is 0 Å². The van der Waals surface area contributed by atoms with Crippen molar-refractivity contribution in [2.24, 2.45) is 11.7 Å². The van der Waals surface area contributed by atoms with Crippen LogP contribution in [-0.4, -0.2) is 36.2 Å². The molecule has 2 N–H and O–H groups in total. The second kappa shape index (κ2) is 6.07. The average molecular weight is 288 g/mol. The summed E-state index contributed by atoms with van der Waals surface area (Å²) >= 11 is 0. The molecule has 2 aliphatic heterocycles. The molecule has 0 radical (unpaired) electrons. The van der Waals surface area contributed by atoms with E-state index in [0.717, 1.165) is 45.6 Å². The Morgan fingerprint density at radius 3 is 2.62 bits per heavy atom. The van der Waals surface area contributed by atoms with Gasteiger partial charge in [-0.2, -0.15) is 0 Å². The van der Waals surface area contributed by atoms with Crippen molar-refractivity contribution in [2.75, 3.05) is 19.8 Å². The number of likely N-dealkylation sites (tertiary alicyclic amines) is 1. The van der Waals surface area contributed by atoms with E-state index in [0.29, 0.717) is 12.0 Å². The predicted octanol–water partition coefficient (Wildman–Crippen LogP) is 2.58. The summed E-state index contributed by atoms with van der Waals surface area (Å²) in [6.45, 7) is 8.27. The summed E-state index contributed by atoms with van der Waals surface area (Å²) in [5.74, 6) is 0.714. The number of hydrogen-bond donors (Lipinski definition) is 1. The Labute approximate surface area is 128 Å². The van der Waals surface area contributed by atoms with Gasteiger partial charge in [-0.25, -0.2) is 0 Å². The monoisotopic (exact) mass is 288 g/mol. The van der Waals surface area contributed by atoms with E-state index in [4.69, 9.17) is 10.5 Å². The third kappa shape index (κ3) is 3.31. The minimum absolute atomic E-state index is 0.204. The zero-order valence-electron chi connectivity index (χ0n) is 13.3. The van der Waals surface area contributed by atoms with E-state index in [2.05, 4.69) is 43.0 Å². The van der Waals surface area contributed by atoms with E-state index >= 15 is 0 Å². The number of nitrogens with zero attached hydrogens (tertiary/aromatic N) is 1. The molecule has 0 aliphatic carbocycles. The van der Waals surface area contributed by atoms with Crippen molar-refractivity contribution >= 4 is 0 Å². The molecule has 2 aliphatic rings. The molecule has 1 aromatic rings. The normalized spacial score (nSPS) is 29.8. The highest BCUT2D eigenvalue weighted by molar-refractivity contribution is 5.23. The molecule has 0 saturated carbocycles. The van der Waals surface area contributed by atoms with E-state index in [9.17, 15) is 0 Å². The molecule has 2 unspecified atom stereocenters. The van der Waals surface area contributed by atoms with Gasteiger partial charge < -0.3 is 10.5 Å². The summed E-state index contributed by atoms with van der Waals surface area (Å²) in [5, 5.41) is 0.